The van der Waals surface area contributed by atoms with Crippen molar-refractivity contribution in [3.8, 4) is 28.2 Å². The highest BCUT2D eigenvalue weighted by Gasteiger charge is 2.20. The first-order valence-corrected chi connectivity index (χ1v) is 13.4. The van der Waals surface area contributed by atoms with Crippen molar-refractivity contribution in [1.82, 2.24) is 5.06 Å². The van der Waals surface area contributed by atoms with Gasteiger partial charge in [-0.1, -0.05) is 19.6 Å². The van der Waals surface area contributed by atoms with Gasteiger partial charge in [-0.3, -0.25) is 19.2 Å². The van der Waals surface area contributed by atoms with Crippen molar-refractivity contribution in [3.63, 3.8) is 0 Å². The highest BCUT2D eigenvalue weighted by atomic mass is 16.7. The standard InChI is InChI=1S/C32H30N2O8/c1-4-7-30(38)34(19-35)42-31(39)9-6-8-29(37)33-21-10-13-24(20(3)16-21)32-25-14-11-22(36)17-27(25)41-28-18-23(40-5-2)12-15-26(28)32/h5,10-19H,2,4,6-9H2,1,3H3,(H,33,37). The Morgan fingerprint density at radius 3 is 2.50 bits per heavy atom. The Labute approximate surface area is 241 Å². The third-order valence-corrected chi connectivity index (χ3v) is 6.45. The van der Waals surface area contributed by atoms with E-state index in [0.717, 1.165) is 27.6 Å². The second kappa shape index (κ2) is 13.4. The number of carbonyl (C=O) groups is 4. The van der Waals surface area contributed by atoms with Gasteiger partial charge >= 0.3 is 5.97 Å². The van der Waals surface area contributed by atoms with E-state index in [4.69, 9.17) is 14.0 Å². The summed E-state index contributed by atoms with van der Waals surface area (Å²) in [6.45, 7) is 7.26. The Morgan fingerprint density at radius 2 is 1.79 bits per heavy atom. The molecular formula is C32H30N2O8. The number of ether oxygens (including phenoxy) is 1. The maximum Gasteiger partial charge on any atom is 0.333 e. The zero-order valence-corrected chi connectivity index (χ0v) is 23.3. The number of nitrogens with one attached hydrogen (secondary N) is 1. The van der Waals surface area contributed by atoms with Gasteiger partial charge in [0.05, 0.1) is 6.26 Å². The SMILES string of the molecule is C=COc1ccc2c(-c3ccc(NC(=O)CCCC(=O)ON(C=O)C(=O)CCC)cc3C)c3ccc(=O)cc-3oc2c1. The highest BCUT2D eigenvalue weighted by Crippen LogP contribution is 2.42. The molecule has 0 spiro atoms. The van der Waals surface area contributed by atoms with Crippen molar-refractivity contribution in [2.24, 2.45) is 0 Å². The molecule has 3 amide bonds. The zero-order valence-electron chi connectivity index (χ0n) is 23.3. The fraction of sp³-hybridized carbons (Fsp3) is 0.219. The summed E-state index contributed by atoms with van der Waals surface area (Å²) >= 11 is 0. The van der Waals surface area contributed by atoms with Crippen molar-refractivity contribution < 1.29 is 33.2 Å². The summed E-state index contributed by atoms with van der Waals surface area (Å²) in [6, 6.07) is 15.6. The van der Waals surface area contributed by atoms with Gasteiger partial charge in [0.1, 0.15) is 17.1 Å². The number of hydrogen-bond donors (Lipinski definition) is 1. The molecule has 10 nitrogen and oxygen atoms in total. The van der Waals surface area contributed by atoms with Gasteiger partial charge < -0.3 is 19.3 Å². The predicted octanol–water partition coefficient (Wildman–Crippen LogP) is 5.75. The van der Waals surface area contributed by atoms with E-state index in [9.17, 15) is 24.0 Å². The summed E-state index contributed by atoms with van der Waals surface area (Å²) in [5, 5.41) is 4.03. The Kier molecular flexibility index (Phi) is 9.49. The van der Waals surface area contributed by atoms with Gasteiger partial charge in [-0.2, -0.15) is 0 Å². The number of carbonyl (C=O) groups excluding carboxylic acids is 4. The van der Waals surface area contributed by atoms with Crippen LogP contribution in [-0.2, 0) is 24.0 Å². The molecule has 1 heterocycles. The quantitative estimate of drug-likeness (QED) is 0.104. The molecule has 0 aromatic heterocycles. The number of imide groups is 1. The maximum atomic E-state index is 12.6. The minimum atomic E-state index is -0.777. The lowest BCUT2D eigenvalue weighted by Crippen LogP contribution is -2.32. The van der Waals surface area contributed by atoms with Crippen LogP contribution in [0, 0.1) is 6.92 Å². The smallest absolute Gasteiger partial charge is 0.333 e. The minimum absolute atomic E-state index is 0.0298. The number of fused-ring (bicyclic) bond motifs is 2. The summed E-state index contributed by atoms with van der Waals surface area (Å²) in [7, 11) is 0. The maximum absolute atomic E-state index is 12.6. The zero-order chi connectivity index (χ0) is 30.2. The summed E-state index contributed by atoms with van der Waals surface area (Å²) in [5.41, 5.74) is 4.30. The molecule has 0 saturated carbocycles. The van der Waals surface area contributed by atoms with Crippen LogP contribution in [0.1, 0.15) is 44.6 Å². The van der Waals surface area contributed by atoms with Gasteiger partial charge in [-0.15, -0.1) is 5.06 Å². The number of benzene rings is 3. The molecule has 42 heavy (non-hydrogen) atoms. The molecule has 1 N–H and O–H groups in total. The third kappa shape index (κ3) is 6.90. The lowest BCUT2D eigenvalue weighted by atomic mass is 9.91. The summed E-state index contributed by atoms with van der Waals surface area (Å²) in [4.78, 5) is 64.2. The van der Waals surface area contributed by atoms with Crippen LogP contribution < -0.4 is 15.5 Å². The molecule has 2 aromatic rings. The molecule has 0 unspecified atom stereocenters. The van der Waals surface area contributed by atoms with Crippen LogP contribution in [0.15, 0.2) is 76.7 Å². The van der Waals surface area contributed by atoms with Crippen molar-refractivity contribution in [3.05, 3.63) is 83.2 Å². The largest absolute Gasteiger partial charge is 0.465 e. The van der Waals surface area contributed by atoms with Gasteiger partial charge in [0.2, 0.25) is 5.91 Å². The van der Waals surface area contributed by atoms with Crippen LogP contribution >= 0.6 is 0 Å². The number of hydrogen-bond acceptors (Lipinski definition) is 8. The van der Waals surface area contributed by atoms with E-state index in [-0.39, 0.29) is 43.4 Å². The van der Waals surface area contributed by atoms with Crippen molar-refractivity contribution in [2.45, 2.75) is 46.0 Å². The van der Waals surface area contributed by atoms with E-state index in [0.29, 0.717) is 34.3 Å². The fourth-order valence-corrected chi connectivity index (χ4v) is 4.56. The van der Waals surface area contributed by atoms with Crippen LogP contribution in [0.2, 0.25) is 0 Å². The topological polar surface area (TPSA) is 132 Å². The van der Waals surface area contributed by atoms with E-state index in [2.05, 4.69) is 11.9 Å². The third-order valence-electron chi connectivity index (χ3n) is 6.45. The van der Waals surface area contributed by atoms with E-state index in [1.54, 1.807) is 31.2 Å². The van der Waals surface area contributed by atoms with E-state index >= 15 is 0 Å². The van der Waals surface area contributed by atoms with E-state index in [1.165, 1.54) is 18.4 Å². The average molecular weight is 571 g/mol. The van der Waals surface area contributed by atoms with E-state index in [1.807, 2.05) is 25.1 Å². The Hall–Kier alpha value is -5.25. The van der Waals surface area contributed by atoms with Crippen LogP contribution in [0.5, 0.6) is 5.75 Å². The predicted molar refractivity (Wildman–Crippen MR) is 156 cm³/mol. The second-order valence-electron chi connectivity index (χ2n) is 9.55. The molecule has 1 aliphatic carbocycles. The number of nitrogens with zero attached hydrogens (tertiary/aromatic N) is 1. The number of aryl methyl sites for hydroxylation is 1. The van der Waals surface area contributed by atoms with Gasteiger partial charge in [0.15, 0.2) is 5.43 Å². The van der Waals surface area contributed by atoms with Crippen molar-refractivity contribution in [2.75, 3.05) is 5.32 Å². The molecule has 0 saturated heterocycles. The molecular weight excluding hydrogens is 540 g/mol. The molecule has 0 fully saturated rings. The van der Waals surface area contributed by atoms with Gasteiger partial charge in [-0.25, -0.2) is 4.79 Å². The molecule has 2 aliphatic rings. The Morgan fingerprint density at radius 1 is 1.00 bits per heavy atom. The molecule has 0 bridgehead atoms. The number of anilines is 1. The van der Waals surface area contributed by atoms with Crippen LogP contribution in [0.4, 0.5) is 5.69 Å². The summed E-state index contributed by atoms with van der Waals surface area (Å²) < 4.78 is 11.5. The highest BCUT2D eigenvalue weighted by molar-refractivity contribution is 6.03. The lowest BCUT2D eigenvalue weighted by molar-refractivity contribution is -0.196. The van der Waals surface area contributed by atoms with Crippen LogP contribution in [0.25, 0.3) is 33.4 Å². The lowest BCUT2D eigenvalue weighted by Gasteiger charge is -2.18. The van der Waals surface area contributed by atoms with Crippen LogP contribution in [0.3, 0.4) is 0 Å². The molecule has 1 aliphatic heterocycles. The fourth-order valence-electron chi connectivity index (χ4n) is 4.56. The normalized spacial score (nSPS) is 10.7. The van der Waals surface area contributed by atoms with Crippen molar-refractivity contribution >= 4 is 40.9 Å². The summed E-state index contributed by atoms with van der Waals surface area (Å²) in [6.07, 6.45) is 2.11. The first-order valence-electron chi connectivity index (χ1n) is 13.4. The van der Waals surface area contributed by atoms with Crippen molar-refractivity contribution in [1.29, 1.82) is 0 Å². The van der Waals surface area contributed by atoms with Gasteiger partial charge in [0, 0.05) is 53.6 Å². The average Bonchev–Trinajstić information content (AvgIpc) is 2.95. The Bertz CT molecular complexity index is 1690. The van der Waals surface area contributed by atoms with Gasteiger partial charge in [-0.05, 0) is 67.3 Å². The Balaban J connectivity index is 1.49. The monoisotopic (exact) mass is 570 g/mol. The second-order valence-corrected chi connectivity index (χ2v) is 9.55. The minimum Gasteiger partial charge on any atom is -0.465 e. The molecule has 4 rings (SSSR count). The molecule has 216 valence electrons. The van der Waals surface area contributed by atoms with E-state index < -0.39 is 11.9 Å². The number of hydroxylamine groups is 2. The first kappa shape index (κ1) is 29.7. The van der Waals surface area contributed by atoms with Crippen LogP contribution in [-0.4, -0.2) is 29.3 Å². The molecule has 10 heteroatoms. The molecule has 0 radical (unpaired) electrons. The molecule has 0 atom stereocenters. The number of rotatable bonds is 11. The summed E-state index contributed by atoms with van der Waals surface area (Å²) in [5.74, 6) is -0.719. The van der Waals surface area contributed by atoms with Gasteiger partial charge in [0.25, 0.3) is 12.3 Å². The number of amides is 3. The molecule has 2 aromatic carbocycles. The first-order chi connectivity index (χ1) is 20.2.